The molecule has 3 atom stereocenters. The van der Waals surface area contributed by atoms with Crippen LogP contribution in [-0.2, 0) is 11.3 Å². The van der Waals surface area contributed by atoms with Crippen molar-refractivity contribution in [2.45, 2.75) is 51.0 Å². The predicted octanol–water partition coefficient (Wildman–Crippen LogP) is 2.54. The topological polar surface area (TPSA) is 21.3 Å². The van der Waals surface area contributed by atoms with Gasteiger partial charge in [-0.25, -0.2) is 4.39 Å². The molecule has 0 spiro atoms. The van der Waals surface area contributed by atoms with Crippen LogP contribution in [-0.4, -0.2) is 18.2 Å². The van der Waals surface area contributed by atoms with E-state index in [0.717, 1.165) is 24.1 Å². The lowest BCUT2D eigenvalue weighted by molar-refractivity contribution is 0.0973. The number of rotatable bonds is 3. The molecule has 0 aromatic heterocycles. The maximum absolute atomic E-state index is 13.1. The zero-order valence-electron chi connectivity index (χ0n) is 10.1. The second kappa shape index (κ2) is 4.39. The second-order valence-corrected chi connectivity index (χ2v) is 5.17. The maximum atomic E-state index is 13.1. The number of halogens is 1. The van der Waals surface area contributed by atoms with Gasteiger partial charge in [-0.3, -0.25) is 0 Å². The molecule has 3 heteroatoms. The summed E-state index contributed by atoms with van der Waals surface area (Å²) < 4.78 is 18.9. The number of hydrogen-bond acceptors (Lipinski definition) is 2. The first kappa shape index (κ1) is 11.2. The number of benzene rings is 1. The van der Waals surface area contributed by atoms with Crippen LogP contribution < -0.4 is 5.32 Å². The summed E-state index contributed by atoms with van der Waals surface area (Å²) in [7, 11) is 0. The van der Waals surface area contributed by atoms with Crippen molar-refractivity contribution in [1.82, 2.24) is 5.32 Å². The summed E-state index contributed by atoms with van der Waals surface area (Å²) in [6.07, 6.45) is 4.34. The molecular formula is C14H18FNO. The summed E-state index contributed by atoms with van der Waals surface area (Å²) in [4.78, 5) is 0. The third-order valence-electron chi connectivity index (χ3n) is 3.97. The Kier molecular flexibility index (Phi) is 2.89. The molecule has 0 aliphatic carbocycles. The van der Waals surface area contributed by atoms with Crippen molar-refractivity contribution < 1.29 is 9.13 Å². The molecule has 1 aromatic rings. The molecular weight excluding hydrogens is 217 g/mol. The summed E-state index contributed by atoms with van der Waals surface area (Å²) in [5.74, 6) is -0.156. The molecule has 2 aliphatic heterocycles. The van der Waals surface area contributed by atoms with Gasteiger partial charge in [-0.15, -0.1) is 0 Å². The number of hydrogen-bond donors (Lipinski definition) is 1. The van der Waals surface area contributed by atoms with Gasteiger partial charge in [-0.1, -0.05) is 6.07 Å². The third kappa shape index (κ3) is 2.22. The SMILES string of the molecule is Cc1ccc(F)cc1CN[C@@H]1C[C@@H]2CC[C@@H]1O2. The van der Waals surface area contributed by atoms with Crippen molar-refractivity contribution in [2.75, 3.05) is 0 Å². The molecule has 2 bridgehead atoms. The van der Waals surface area contributed by atoms with Crippen LogP contribution in [0.25, 0.3) is 0 Å². The first-order chi connectivity index (χ1) is 8.22. The van der Waals surface area contributed by atoms with E-state index in [9.17, 15) is 4.39 Å². The van der Waals surface area contributed by atoms with Crippen LogP contribution in [0.2, 0.25) is 0 Å². The summed E-state index contributed by atoms with van der Waals surface area (Å²) >= 11 is 0. The Morgan fingerprint density at radius 3 is 3.00 bits per heavy atom. The largest absolute Gasteiger partial charge is 0.373 e. The standard InChI is InChI=1S/C14H18FNO/c1-9-2-3-11(15)6-10(9)8-16-13-7-12-4-5-14(13)17-12/h2-3,6,12-14,16H,4-5,7-8H2,1H3/t12-,13+,14-/m0/s1. The van der Waals surface area contributed by atoms with Crippen molar-refractivity contribution in [3.8, 4) is 0 Å². The van der Waals surface area contributed by atoms with E-state index in [2.05, 4.69) is 5.32 Å². The molecule has 0 amide bonds. The minimum Gasteiger partial charge on any atom is -0.373 e. The van der Waals surface area contributed by atoms with E-state index in [-0.39, 0.29) is 5.82 Å². The Bertz CT molecular complexity index is 421. The van der Waals surface area contributed by atoms with E-state index >= 15 is 0 Å². The van der Waals surface area contributed by atoms with Crippen molar-refractivity contribution in [3.05, 3.63) is 35.1 Å². The zero-order chi connectivity index (χ0) is 11.8. The van der Waals surface area contributed by atoms with E-state index in [1.54, 1.807) is 6.07 Å². The number of ether oxygens (including phenoxy) is 1. The summed E-state index contributed by atoms with van der Waals surface area (Å²) in [5.41, 5.74) is 2.19. The molecule has 0 saturated carbocycles. The van der Waals surface area contributed by atoms with Gasteiger partial charge in [0.2, 0.25) is 0 Å². The van der Waals surface area contributed by atoms with Crippen molar-refractivity contribution in [1.29, 1.82) is 0 Å². The quantitative estimate of drug-likeness (QED) is 0.869. The summed E-state index contributed by atoms with van der Waals surface area (Å²) in [6, 6.07) is 5.43. The first-order valence-corrected chi connectivity index (χ1v) is 6.36. The first-order valence-electron chi connectivity index (χ1n) is 6.36. The summed E-state index contributed by atoms with van der Waals surface area (Å²) in [6.45, 7) is 2.76. The lowest BCUT2D eigenvalue weighted by Crippen LogP contribution is -2.37. The number of nitrogens with one attached hydrogen (secondary N) is 1. The van der Waals surface area contributed by atoms with Gasteiger partial charge in [0.1, 0.15) is 5.82 Å². The molecule has 3 rings (SSSR count). The van der Waals surface area contributed by atoms with Crippen LogP contribution in [0, 0.1) is 12.7 Å². The maximum Gasteiger partial charge on any atom is 0.123 e. The van der Waals surface area contributed by atoms with Gasteiger partial charge < -0.3 is 10.1 Å². The number of fused-ring (bicyclic) bond motifs is 2. The lowest BCUT2D eigenvalue weighted by atomic mass is 9.95. The smallest absolute Gasteiger partial charge is 0.123 e. The van der Waals surface area contributed by atoms with E-state index < -0.39 is 0 Å². The molecule has 17 heavy (non-hydrogen) atoms. The van der Waals surface area contributed by atoms with Gasteiger partial charge in [-0.05, 0) is 49.4 Å². The highest BCUT2D eigenvalue weighted by atomic mass is 19.1. The minimum atomic E-state index is -0.156. The second-order valence-electron chi connectivity index (χ2n) is 5.17. The molecule has 2 aliphatic rings. The van der Waals surface area contributed by atoms with Gasteiger partial charge in [0.05, 0.1) is 12.2 Å². The van der Waals surface area contributed by atoms with Crippen LogP contribution in [0.3, 0.4) is 0 Å². The van der Waals surface area contributed by atoms with Crippen LogP contribution in [0.4, 0.5) is 4.39 Å². The average Bonchev–Trinajstić information content (AvgIpc) is 2.92. The monoisotopic (exact) mass is 235 g/mol. The Labute approximate surface area is 101 Å². The zero-order valence-corrected chi connectivity index (χ0v) is 10.1. The highest BCUT2D eigenvalue weighted by Gasteiger charge is 2.40. The van der Waals surface area contributed by atoms with Gasteiger partial charge in [-0.2, -0.15) is 0 Å². The predicted molar refractivity (Wildman–Crippen MR) is 64.3 cm³/mol. The molecule has 1 aromatic carbocycles. The normalized spacial score (nSPS) is 31.1. The minimum absolute atomic E-state index is 0.156. The molecule has 2 fully saturated rings. The highest BCUT2D eigenvalue weighted by Crippen LogP contribution is 2.34. The molecule has 2 heterocycles. The van der Waals surface area contributed by atoms with Gasteiger partial charge in [0.25, 0.3) is 0 Å². The van der Waals surface area contributed by atoms with E-state index in [0.29, 0.717) is 18.2 Å². The Hall–Kier alpha value is -0.930. The lowest BCUT2D eigenvalue weighted by Gasteiger charge is -2.20. The highest BCUT2D eigenvalue weighted by molar-refractivity contribution is 5.26. The fraction of sp³-hybridized carbons (Fsp3) is 0.571. The van der Waals surface area contributed by atoms with Crippen LogP contribution in [0.15, 0.2) is 18.2 Å². The third-order valence-corrected chi connectivity index (χ3v) is 3.97. The van der Waals surface area contributed by atoms with E-state index in [4.69, 9.17) is 4.74 Å². The Morgan fingerprint density at radius 1 is 1.41 bits per heavy atom. The van der Waals surface area contributed by atoms with Crippen LogP contribution in [0.1, 0.15) is 30.4 Å². The fourth-order valence-corrected chi connectivity index (χ4v) is 2.92. The molecule has 0 unspecified atom stereocenters. The molecule has 2 saturated heterocycles. The summed E-state index contributed by atoms with van der Waals surface area (Å²) in [5, 5.41) is 3.51. The van der Waals surface area contributed by atoms with E-state index in [1.165, 1.54) is 18.9 Å². The molecule has 92 valence electrons. The van der Waals surface area contributed by atoms with Crippen molar-refractivity contribution in [3.63, 3.8) is 0 Å². The van der Waals surface area contributed by atoms with Crippen LogP contribution >= 0.6 is 0 Å². The Balaban J connectivity index is 1.62. The average molecular weight is 235 g/mol. The van der Waals surface area contributed by atoms with E-state index in [1.807, 2.05) is 13.0 Å². The fourth-order valence-electron chi connectivity index (χ4n) is 2.92. The Morgan fingerprint density at radius 2 is 2.29 bits per heavy atom. The number of aryl methyl sites for hydroxylation is 1. The molecule has 0 radical (unpaired) electrons. The van der Waals surface area contributed by atoms with Crippen LogP contribution in [0.5, 0.6) is 0 Å². The van der Waals surface area contributed by atoms with Gasteiger partial charge in [0.15, 0.2) is 0 Å². The van der Waals surface area contributed by atoms with Crippen molar-refractivity contribution in [2.24, 2.45) is 0 Å². The molecule has 2 nitrogen and oxygen atoms in total. The van der Waals surface area contributed by atoms with Gasteiger partial charge in [0, 0.05) is 12.6 Å². The molecule has 1 N–H and O–H groups in total. The van der Waals surface area contributed by atoms with Gasteiger partial charge >= 0.3 is 0 Å². The van der Waals surface area contributed by atoms with Crippen molar-refractivity contribution >= 4 is 0 Å².